The molecule has 0 bridgehead atoms. The van der Waals surface area contributed by atoms with E-state index < -0.39 is 0 Å². The summed E-state index contributed by atoms with van der Waals surface area (Å²) in [6.07, 6.45) is 8.44. The Labute approximate surface area is 202 Å². The molecule has 0 saturated heterocycles. The maximum Gasteiger partial charge on any atom is 0.272 e. The van der Waals surface area contributed by atoms with Crippen molar-refractivity contribution >= 4 is 12.2 Å². The summed E-state index contributed by atoms with van der Waals surface area (Å²) in [4.78, 5) is 40.0. The highest BCUT2D eigenvalue weighted by atomic mass is 16.5. The van der Waals surface area contributed by atoms with Gasteiger partial charge in [0.1, 0.15) is 22.3 Å². The van der Waals surface area contributed by atoms with E-state index in [1.54, 1.807) is 24.5 Å². The molecular formula is C27H29N5O3. The summed E-state index contributed by atoms with van der Waals surface area (Å²) in [6, 6.07) is 15.2. The highest BCUT2D eigenvalue weighted by Crippen LogP contribution is 2.12. The first-order valence-corrected chi connectivity index (χ1v) is 11.5. The summed E-state index contributed by atoms with van der Waals surface area (Å²) in [5.41, 5.74) is 1.96. The molecule has 0 aliphatic rings. The normalized spacial score (nSPS) is 12.4. The Bertz CT molecular complexity index is 1470. The molecule has 35 heavy (non-hydrogen) atoms. The van der Waals surface area contributed by atoms with Crippen molar-refractivity contribution in [2.75, 3.05) is 27.2 Å². The number of aromatic amines is 3. The molecule has 4 rings (SSSR count). The van der Waals surface area contributed by atoms with Crippen LogP contribution >= 0.6 is 0 Å². The van der Waals surface area contributed by atoms with Crippen LogP contribution in [0.15, 0.2) is 70.5 Å². The molecule has 0 amide bonds. The van der Waals surface area contributed by atoms with E-state index in [9.17, 15) is 9.59 Å². The summed E-state index contributed by atoms with van der Waals surface area (Å²) in [5, 5.41) is 0.396. The molecule has 0 spiro atoms. The average molecular weight is 472 g/mol. The fourth-order valence-corrected chi connectivity index (χ4v) is 3.58. The van der Waals surface area contributed by atoms with Crippen molar-refractivity contribution in [3.63, 3.8) is 0 Å². The number of benzene rings is 2. The van der Waals surface area contributed by atoms with Gasteiger partial charge in [-0.3, -0.25) is 9.59 Å². The largest absolute Gasteiger partial charge is 0.494 e. The van der Waals surface area contributed by atoms with Crippen molar-refractivity contribution in [3.05, 3.63) is 115 Å². The molecule has 0 saturated carbocycles. The zero-order valence-corrected chi connectivity index (χ0v) is 19.9. The summed E-state index contributed by atoms with van der Waals surface area (Å²) in [5.74, 6) is 1.65. The number of nitrogens with zero attached hydrogens (tertiary/aromatic N) is 2. The fraction of sp³-hybridized carbons (Fsp3) is 0.222. The highest BCUT2D eigenvalue weighted by Gasteiger charge is 2.01. The fourth-order valence-electron chi connectivity index (χ4n) is 3.58. The minimum atomic E-state index is -0.366. The lowest BCUT2D eigenvalue weighted by Crippen LogP contribution is -2.46. The van der Waals surface area contributed by atoms with Crippen LogP contribution in [0, 0.1) is 0 Å². The Morgan fingerprint density at radius 3 is 2.03 bits per heavy atom. The van der Waals surface area contributed by atoms with Gasteiger partial charge in [-0.2, -0.15) is 0 Å². The number of hydrogen-bond acceptors (Lipinski definition) is 5. The van der Waals surface area contributed by atoms with Gasteiger partial charge < -0.3 is 24.6 Å². The Hall–Kier alpha value is -4.17. The molecule has 8 heteroatoms. The predicted octanol–water partition coefficient (Wildman–Crippen LogP) is 1.37. The summed E-state index contributed by atoms with van der Waals surface area (Å²) in [6.45, 7) is 1.60. The van der Waals surface area contributed by atoms with Gasteiger partial charge in [-0.05, 0) is 61.5 Å². The first kappa shape index (κ1) is 24.0. The van der Waals surface area contributed by atoms with Gasteiger partial charge in [0.2, 0.25) is 0 Å². The molecule has 2 aromatic heterocycles. The van der Waals surface area contributed by atoms with Crippen molar-refractivity contribution in [2.45, 2.75) is 12.8 Å². The zero-order valence-electron chi connectivity index (χ0n) is 19.9. The predicted molar refractivity (Wildman–Crippen MR) is 137 cm³/mol. The van der Waals surface area contributed by atoms with Crippen molar-refractivity contribution in [3.8, 4) is 5.75 Å². The molecule has 2 aromatic carbocycles. The van der Waals surface area contributed by atoms with Crippen LogP contribution < -0.4 is 26.6 Å². The minimum absolute atomic E-state index is 0.195. The van der Waals surface area contributed by atoms with Crippen molar-refractivity contribution in [1.82, 2.24) is 24.8 Å². The second-order valence-corrected chi connectivity index (χ2v) is 8.55. The Morgan fingerprint density at radius 1 is 0.886 bits per heavy atom. The molecule has 8 nitrogen and oxygen atoms in total. The lowest BCUT2D eigenvalue weighted by atomic mass is 10.1. The zero-order chi connectivity index (χ0) is 24.6. The third kappa shape index (κ3) is 6.91. The first-order valence-electron chi connectivity index (χ1n) is 11.5. The molecule has 0 radical (unpaired) electrons. The Morgan fingerprint density at radius 2 is 1.49 bits per heavy atom. The maximum atomic E-state index is 12.6. The number of imidazole rings is 1. The molecule has 3 N–H and O–H groups in total. The quantitative estimate of drug-likeness (QED) is 0.320. The van der Waals surface area contributed by atoms with Gasteiger partial charge >= 0.3 is 0 Å². The molecule has 0 aliphatic heterocycles. The lowest BCUT2D eigenvalue weighted by molar-refractivity contribution is 0.281. The van der Waals surface area contributed by atoms with E-state index in [1.807, 2.05) is 62.6 Å². The van der Waals surface area contributed by atoms with Crippen molar-refractivity contribution < 1.29 is 4.74 Å². The van der Waals surface area contributed by atoms with Crippen molar-refractivity contribution in [2.24, 2.45) is 0 Å². The lowest BCUT2D eigenvalue weighted by Gasteiger charge is -2.10. The van der Waals surface area contributed by atoms with Crippen LogP contribution in [-0.2, 0) is 6.42 Å². The Kier molecular flexibility index (Phi) is 7.74. The first-order chi connectivity index (χ1) is 17.0. The smallest absolute Gasteiger partial charge is 0.272 e. The minimum Gasteiger partial charge on any atom is -0.494 e. The monoisotopic (exact) mass is 471 g/mol. The van der Waals surface area contributed by atoms with Crippen LogP contribution in [0.5, 0.6) is 5.75 Å². The van der Waals surface area contributed by atoms with E-state index in [1.165, 1.54) is 0 Å². The standard InChI is InChI=1S/C27H29N5O3/c1-32(2)14-3-15-35-22-10-8-20(9-11-22)17-24-27(34)30-23(26(33)31-24)16-19-4-6-21(7-5-19)18-25-28-12-13-29-25/h4-13,16-17H,3,14-15,18H2,1-2H3,(H,28,29)(H,30,34)(H,31,33). The van der Waals surface area contributed by atoms with Gasteiger partial charge in [-0.25, -0.2) is 4.98 Å². The second-order valence-electron chi connectivity index (χ2n) is 8.55. The third-order valence-corrected chi connectivity index (χ3v) is 5.41. The highest BCUT2D eigenvalue weighted by molar-refractivity contribution is 5.50. The molecule has 4 aromatic rings. The number of rotatable bonds is 9. The molecule has 0 unspecified atom stereocenters. The molecule has 0 atom stereocenters. The van der Waals surface area contributed by atoms with E-state index in [4.69, 9.17) is 4.74 Å². The van der Waals surface area contributed by atoms with Crippen LogP contribution in [0.4, 0.5) is 0 Å². The topological polar surface area (TPSA) is 107 Å². The van der Waals surface area contributed by atoms with Crippen LogP contribution in [0.2, 0.25) is 0 Å². The second kappa shape index (κ2) is 11.3. The maximum absolute atomic E-state index is 12.6. The van der Waals surface area contributed by atoms with E-state index in [2.05, 4.69) is 24.8 Å². The molecule has 2 heterocycles. The number of ether oxygens (including phenoxy) is 1. The number of aromatic nitrogens is 4. The van der Waals surface area contributed by atoms with Crippen LogP contribution in [0.1, 0.15) is 28.9 Å². The van der Waals surface area contributed by atoms with Crippen LogP contribution in [-0.4, -0.2) is 52.1 Å². The number of hydrogen-bond donors (Lipinski definition) is 3. The van der Waals surface area contributed by atoms with Gasteiger partial charge in [-0.1, -0.05) is 36.4 Å². The van der Waals surface area contributed by atoms with E-state index in [0.29, 0.717) is 13.0 Å². The van der Waals surface area contributed by atoms with Gasteiger partial charge in [0, 0.05) is 25.4 Å². The number of H-pyrrole nitrogens is 3. The van der Waals surface area contributed by atoms with Gasteiger partial charge in [0.15, 0.2) is 0 Å². The van der Waals surface area contributed by atoms with Crippen molar-refractivity contribution in [1.29, 1.82) is 0 Å². The summed E-state index contributed by atoms with van der Waals surface area (Å²) in [7, 11) is 4.06. The van der Waals surface area contributed by atoms with E-state index in [-0.39, 0.29) is 21.8 Å². The summed E-state index contributed by atoms with van der Waals surface area (Å²) < 4.78 is 5.73. The summed E-state index contributed by atoms with van der Waals surface area (Å²) >= 11 is 0. The Balaban J connectivity index is 1.48. The van der Waals surface area contributed by atoms with Gasteiger partial charge in [-0.15, -0.1) is 0 Å². The van der Waals surface area contributed by atoms with E-state index in [0.717, 1.165) is 41.2 Å². The third-order valence-electron chi connectivity index (χ3n) is 5.41. The molecule has 0 fully saturated rings. The average Bonchev–Trinajstić information content (AvgIpc) is 3.35. The van der Waals surface area contributed by atoms with E-state index >= 15 is 0 Å². The molecule has 0 aliphatic carbocycles. The SMILES string of the molecule is CN(C)CCCOc1ccc(C=c2[nH]c(=O)c(=Cc3ccc(Cc4ncc[nH]4)cc3)[nH]c2=O)cc1. The van der Waals surface area contributed by atoms with Gasteiger partial charge in [0.05, 0.1) is 6.61 Å². The molecule has 180 valence electrons. The molecular weight excluding hydrogens is 442 g/mol. The van der Waals surface area contributed by atoms with Crippen LogP contribution in [0.25, 0.3) is 12.2 Å². The van der Waals surface area contributed by atoms with Crippen LogP contribution in [0.3, 0.4) is 0 Å². The van der Waals surface area contributed by atoms with Gasteiger partial charge in [0.25, 0.3) is 11.1 Å². The number of nitrogens with one attached hydrogen (secondary N) is 3.